The maximum Gasteiger partial charge on any atom is 0.131 e. The predicted molar refractivity (Wildman–Crippen MR) is 79.4 cm³/mol. The van der Waals surface area contributed by atoms with Gasteiger partial charge in [0, 0.05) is 43.9 Å². The minimum Gasteiger partial charge on any atom is -0.508 e. The summed E-state index contributed by atoms with van der Waals surface area (Å²) in [5.41, 5.74) is 0.723. The molecular weight excluding hydrogens is 255 g/mol. The number of nitrogens with one attached hydrogen (secondary N) is 1. The Labute approximate surface area is 120 Å². The summed E-state index contributed by atoms with van der Waals surface area (Å²) >= 11 is 0. The molecule has 0 radical (unpaired) electrons. The van der Waals surface area contributed by atoms with Crippen LogP contribution in [0.4, 0.5) is 4.39 Å². The highest BCUT2D eigenvalue weighted by atomic mass is 19.1. The van der Waals surface area contributed by atoms with Crippen molar-refractivity contribution in [1.29, 1.82) is 0 Å². The lowest BCUT2D eigenvalue weighted by Gasteiger charge is -2.35. The Morgan fingerprint density at radius 2 is 2.05 bits per heavy atom. The van der Waals surface area contributed by atoms with Gasteiger partial charge in [-0.15, -0.1) is 0 Å². The lowest BCUT2D eigenvalue weighted by atomic mass is 9.97. The third kappa shape index (κ3) is 3.93. The molecule has 2 N–H and O–H groups in total. The molecule has 0 spiro atoms. The van der Waals surface area contributed by atoms with Gasteiger partial charge in [0.15, 0.2) is 0 Å². The largest absolute Gasteiger partial charge is 0.508 e. The van der Waals surface area contributed by atoms with Gasteiger partial charge in [-0.05, 0) is 12.5 Å². The van der Waals surface area contributed by atoms with Crippen molar-refractivity contribution in [2.24, 2.45) is 0 Å². The Bertz CT molecular complexity index is 419. The summed E-state index contributed by atoms with van der Waals surface area (Å²) < 4.78 is 14.2. The summed E-state index contributed by atoms with van der Waals surface area (Å²) in [5.74, 6) is -0.288. The minimum absolute atomic E-state index is 0.00105. The Morgan fingerprint density at radius 3 is 2.70 bits per heavy atom. The summed E-state index contributed by atoms with van der Waals surface area (Å²) in [4.78, 5) is 2.36. The summed E-state index contributed by atoms with van der Waals surface area (Å²) in [6, 6.07) is 4.69. The number of rotatable bonds is 6. The van der Waals surface area contributed by atoms with E-state index in [1.165, 1.54) is 18.9 Å². The van der Waals surface area contributed by atoms with E-state index in [0.717, 1.165) is 44.6 Å². The number of phenols is 1. The fourth-order valence-corrected chi connectivity index (χ4v) is 2.90. The lowest BCUT2D eigenvalue weighted by Crippen LogP contribution is -2.45. The summed E-state index contributed by atoms with van der Waals surface area (Å²) in [5, 5.41) is 12.7. The van der Waals surface area contributed by atoms with Crippen LogP contribution in [0, 0.1) is 5.82 Å². The van der Waals surface area contributed by atoms with E-state index in [4.69, 9.17) is 0 Å². The number of halogens is 1. The van der Waals surface area contributed by atoms with Gasteiger partial charge in [0.25, 0.3) is 0 Å². The Kier molecular flexibility index (Phi) is 5.80. The number of phenolic OH excluding ortho intramolecular Hbond substituents is 1. The molecule has 0 aliphatic carbocycles. The van der Waals surface area contributed by atoms with Crippen molar-refractivity contribution in [3.05, 3.63) is 29.6 Å². The minimum atomic E-state index is -0.287. The van der Waals surface area contributed by atoms with Gasteiger partial charge in [0.05, 0.1) is 0 Å². The molecule has 1 saturated heterocycles. The van der Waals surface area contributed by atoms with Crippen molar-refractivity contribution in [2.45, 2.75) is 38.6 Å². The predicted octanol–water partition coefficient (Wildman–Crippen LogP) is 3.06. The smallest absolute Gasteiger partial charge is 0.131 e. The fraction of sp³-hybridized carbons (Fsp3) is 0.625. The van der Waals surface area contributed by atoms with Gasteiger partial charge in [0.1, 0.15) is 11.6 Å². The lowest BCUT2D eigenvalue weighted by molar-refractivity contribution is 0.159. The van der Waals surface area contributed by atoms with Crippen molar-refractivity contribution in [3.63, 3.8) is 0 Å². The maximum atomic E-state index is 14.2. The molecule has 0 aromatic heterocycles. The van der Waals surface area contributed by atoms with Crippen LogP contribution >= 0.6 is 0 Å². The average molecular weight is 280 g/mol. The monoisotopic (exact) mass is 280 g/mol. The summed E-state index contributed by atoms with van der Waals surface area (Å²) in [7, 11) is 0. The normalized spacial score (nSPS) is 18.1. The number of aromatic hydroxyl groups is 1. The standard InChI is InChI=1S/C16H25FN2O/c1-2-3-4-5-16(19-10-8-18-9-11-19)14-7-6-13(20)12-15(14)17/h6-7,12,16,18,20H,2-5,8-11H2,1H3/t16-/m0/s1. The Morgan fingerprint density at radius 1 is 1.30 bits per heavy atom. The van der Waals surface area contributed by atoms with E-state index in [1.54, 1.807) is 12.1 Å². The van der Waals surface area contributed by atoms with E-state index in [2.05, 4.69) is 17.1 Å². The van der Waals surface area contributed by atoms with Crippen LogP contribution in [0.25, 0.3) is 0 Å². The van der Waals surface area contributed by atoms with Gasteiger partial charge in [-0.25, -0.2) is 4.39 Å². The highest BCUT2D eigenvalue weighted by Crippen LogP contribution is 2.30. The highest BCUT2D eigenvalue weighted by molar-refractivity contribution is 5.30. The van der Waals surface area contributed by atoms with Crippen LogP contribution in [0.15, 0.2) is 18.2 Å². The molecular formula is C16H25FN2O. The van der Waals surface area contributed by atoms with Crippen LogP contribution in [-0.4, -0.2) is 36.2 Å². The van der Waals surface area contributed by atoms with E-state index < -0.39 is 0 Å². The summed E-state index contributed by atoms with van der Waals surface area (Å²) in [6.07, 6.45) is 4.45. The number of unbranched alkanes of at least 4 members (excludes halogenated alkanes) is 2. The van der Waals surface area contributed by atoms with Gasteiger partial charge in [-0.1, -0.05) is 32.3 Å². The number of hydrogen-bond acceptors (Lipinski definition) is 3. The van der Waals surface area contributed by atoms with E-state index in [0.29, 0.717) is 0 Å². The topological polar surface area (TPSA) is 35.5 Å². The quantitative estimate of drug-likeness (QED) is 0.786. The zero-order chi connectivity index (χ0) is 14.4. The second-order valence-electron chi connectivity index (χ2n) is 5.50. The van der Waals surface area contributed by atoms with E-state index >= 15 is 0 Å². The van der Waals surface area contributed by atoms with Gasteiger partial charge in [0.2, 0.25) is 0 Å². The van der Waals surface area contributed by atoms with Crippen molar-refractivity contribution in [3.8, 4) is 5.75 Å². The highest BCUT2D eigenvalue weighted by Gasteiger charge is 2.24. The molecule has 1 aromatic rings. The molecule has 1 fully saturated rings. The molecule has 1 aromatic carbocycles. The van der Waals surface area contributed by atoms with Gasteiger partial charge < -0.3 is 10.4 Å². The van der Waals surface area contributed by atoms with E-state index in [9.17, 15) is 9.50 Å². The van der Waals surface area contributed by atoms with Crippen molar-refractivity contribution >= 4 is 0 Å². The first-order valence-corrected chi connectivity index (χ1v) is 7.65. The molecule has 1 aliphatic rings. The molecule has 1 atom stereocenters. The molecule has 4 heteroatoms. The first-order chi connectivity index (χ1) is 9.72. The van der Waals surface area contributed by atoms with E-state index in [1.807, 2.05) is 0 Å². The summed E-state index contributed by atoms with van der Waals surface area (Å²) in [6.45, 7) is 6.02. The van der Waals surface area contributed by atoms with Crippen molar-refractivity contribution in [1.82, 2.24) is 10.2 Å². The Hall–Kier alpha value is -1.13. The van der Waals surface area contributed by atoms with Crippen LogP contribution in [0.5, 0.6) is 5.75 Å². The first kappa shape index (κ1) is 15.3. The number of benzene rings is 1. The van der Waals surface area contributed by atoms with Crippen LogP contribution in [0.3, 0.4) is 0 Å². The average Bonchev–Trinajstić information content (AvgIpc) is 2.46. The molecule has 3 nitrogen and oxygen atoms in total. The first-order valence-electron chi connectivity index (χ1n) is 7.65. The molecule has 0 saturated carbocycles. The fourth-order valence-electron chi connectivity index (χ4n) is 2.90. The Balaban J connectivity index is 2.15. The molecule has 0 amide bonds. The zero-order valence-corrected chi connectivity index (χ0v) is 12.2. The third-order valence-electron chi connectivity index (χ3n) is 4.02. The molecule has 0 unspecified atom stereocenters. The molecule has 2 rings (SSSR count). The van der Waals surface area contributed by atoms with Crippen LogP contribution in [-0.2, 0) is 0 Å². The van der Waals surface area contributed by atoms with Crippen molar-refractivity contribution < 1.29 is 9.50 Å². The molecule has 112 valence electrons. The zero-order valence-electron chi connectivity index (χ0n) is 12.2. The second-order valence-corrected chi connectivity index (χ2v) is 5.50. The van der Waals surface area contributed by atoms with Crippen LogP contribution < -0.4 is 5.32 Å². The van der Waals surface area contributed by atoms with Crippen molar-refractivity contribution in [2.75, 3.05) is 26.2 Å². The molecule has 1 aliphatic heterocycles. The second kappa shape index (κ2) is 7.60. The van der Waals surface area contributed by atoms with E-state index in [-0.39, 0.29) is 17.6 Å². The number of piperazine rings is 1. The van der Waals surface area contributed by atoms with Gasteiger partial charge in [-0.2, -0.15) is 0 Å². The third-order valence-corrected chi connectivity index (χ3v) is 4.02. The molecule has 1 heterocycles. The van der Waals surface area contributed by atoms with Gasteiger partial charge in [-0.3, -0.25) is 4.90 Å². The molecule has 0 bridgehead atoms. The van der Waals surface area contributed by atoms with Crippen LogP contribution in [0.2, 0.25) is 0 Å². The number of hydrogen-bond donors (Lipinski definition) is 2. The number of nitrogens with zero attached hydrogens (tertiary/aromatic N) is 1. The SMILES string of the molecule is CCCCC[C@@H](c1ccc(O)cc1F)N1CCNCC1. The van der Waals surface area contributed by atoms with Gasteiger partial charge >= 0.3 is 0 Å². The van der Waals surface area contributed by atoms with Crippen LogP contribution in [0.1, 0.15) is 44.2 Å². The molecule has 20 heavy (non-hydrogen) atoms. The maximum absolute atomic E-state index is 14.2.